The molecule has 2 saturated heterocycles. The lowest BCUT2D eigenvalue weighted by molar-refractivity contribution is 0.0925. The van der Waals surface area contributed by atoms with E-state index in [1.54, 1.807) is 6.20 Å². The molecule has 2 aromatic rings. The topological polar surface area (TPSA) is 54.0 Å². The number of amides is 1. The second kappa shape index (κ2) is 5.11. The van der Waals surface area contributed by atoms with E-state index in [-0.39, 0.29) is 5.91 Å². The van der Waals surface area contributed by atoms with E-state index >= 15 is 0 Å². The van der Waals surface area contributed by atoms with Crippen LogP contribution in [-0.4, -0.2) is 29.0 Å². The van der Waals surface area contributed by atoms with Gasteiger partial charge in [-0.25, -0.2) is 0 Å². The van der Waals surface area contributed by atoms with Gasteiger partial charge in [0.25, 0.3) is 5.91 Å². The molecule has 2 bridgehead atoms. The van der Waals surface area contributed by atoms with Gasteiger partial charge in [0, 0.05) is 29.7 Å². The van der Waals surface area contributed by atoms with Crippen molar-refractivity contribution in [3.05, 3.63) is 42.1 Å². The fourth-order valence-corrected chi connectivity index (χ4v) is 3.73. The van der Waals surface area contributed by atoms with Crippen molar-refractivity contribution in [1.82, 2.24) is 15.6 Å². The predicted molar refractivity (Wildman–Crippen MR) is 82.2 cm³/mol. The molecule has 4 heteroatoms. The van der Waals surface area contributed by atoms with Crippen molar-refractivity contribution in [2.45, 2.75) is 43.8 Å². The first-order chi connectivity index (χ1) is 10.3. The highest BCUT2D eigenvalue weighted by molar-refractivity contribution is 6.06. The van der Waals surface area contributed by atoms with E-state index < -0.39 is 0 Å². The number of aromatic nitrogens is 1. The first-order valence-corrected chi connectivity index (χ1v) is 7.70. The zero-order valence-electron chi connectivity index (χ0n) is 11.9. The van der Waals surface area contributed by atoms with Crippen molar-refractivity contribution in [3.63, 3.8) is 0 Å². The fraction of sp³-hybridized carbons (Fsp3) is 0.412. The molecule has 2 unspecified atom stereocenters. The van der Waals surface area contributed by atoms with Gasteiger partial charge in [0.15, 0.2) is 0 Å². The largest absolute Gasteiger partial charge is 0.349 e. The summed E-state index contributed by atoms with van der Waals surface area (Å²) >= 11 is 0. The smallest absolute Gasteiger partial charge is 0.252 e. The molecule has 4 rings (SSSR count). The molecule has 0 spiro atoms. The SMILES string of the molecule is O=C(NC1CC2CCC(C1)N2)c1ccnc2ccccc12. The van der Waals surface area contributed by atoms with Crippen molar-refractivity contribution < 1.29 is 4.79 Å². The Hall–Kier alpha value is -1.94. The van der Waals surface area contributed by atoms with Gasteiger partial charge < -0.3 is 10.6 Å². The number of fused-ring (bicyclic) bond motifs is 3. The molecular formula is C17H19N3O. The zero-order chi connectivity index (χ0) is 14.2. The highest BCUT2D eigenvalue weighted by Crippen LogP contribution is 2.27. The van der Waals surface area contributed by atoms with Crippen LogP contribution in [0.25, 0.3) is 10.9 Å². The van der Waals surface area contributed by atoms with Crippen LogP contribution < -0.4 is 10.6 Å². The average molecular weight is 281 g/mol. The summed E-state index contributed by atoms with van der Waals surface area (Å²) in [5.41, 5.74) is 1.60. The van der Waals surface area contributed by atoms with Crippen LogP contribution in [0.1, 0.15) is 36.0 Å². The summed E-state index contributed by atoms with van der Waals surface area (Å²) in [4.78, 5) is 16.9. The van der Waals surface area contributed by atoms with Crippen molar-refractivity contribution >= 4 is 16.8 Å². The van der Waals surface area contributed by atoms with E-state index in [2.05, 4.69) is 15.6 Å². The van der Waals surface area contributed by atoms with Crippen LogP contribution in [-0.2, 0) is 0 Å². The molecule has 21 heavy (non-hydrogen) atoms. The van der Waals surface area contributed by atoms with Crippen molar-refractivity contribution in [2.24, 2.45) is 0 Å². The van der Waals surface area contributed by atoms with Crippen LogP contribution in [0.4, 0.5) is 0 Å². The van der Waals surface area contributed by atoms with E-state index in [9.17, 15) is 4.79 Å². The van der Waals surface area contributed by atoms with Gasteiger partial charge >= 0.3 is 0 Å². The Labute approximate surface area is 124 Å². The van der Waals surface area contributed by atoms with E-state index in [0.717, 1.165) is 29.3 Å². The maximum atomic E-state index is 12.6. The summed E-state index contributed by atoms with van der Waals surface area (Å²) in [7, 11) is 0. The highest BCUT2D eigenvalue weighted by atomic mass is 16.1. The molecule has 1 amide bonds. The minimum absolute atomic E-state index is 0.0277. The van der Waals surface area contributed by atoms with Crippen LogP contribution in [0.5, 0.6) is 0 Å². The minimum Gasteiger partial charge on any atom is -0.349 e. The van der Waals surface area contributed by atoms with Gasteiger partial charge in [0.1, 0.15) is 0 Å². The third kappa shape index (κ3) is 2.40. The lowest BCUT2D eigenvalue weighted by atomic mass is 9.99. The van der Waals surface area contributed by atoms with Crippen LogP contribution >= 0.6 is 0 Å². The molecule has 0 aliphatic carbocycles. The lowest BCUT2D eigenvalue weighted by Gasteiger charge is -2.29. The quantitative estimate of drug-likeness (QED) is 0.887. The number of para-hydroxylation sites is 1. The minimum atomic E-state index is 0.0277. The van der Waals surface area contributed by atoms with Crippen LogP contribution in [0.2, 0.25) is 0 Å². The van der Waals surface area contributed by atoms with E-state index in [4.69, 9.17) is 0 Å². The number of pyridine rings is 1. The molecule has 0 radical (unpaired) electrons. The van der Waals surface area contributed by atoms with Crippen molar-refractivity contribution in [1.29, 1.82) is 0 Å². The Morgan fingerprint density at radius 1 is 1.14 bits per heavy atom. The van der Waals surface area contributed by atoms with E-state index in [1.165, 1.54) is 12.8 Å². The summed E-state index contributed by atoms with van der Waals surface area (Å²) in [5, 5.41) is 7.75. The van der Waals surface area contributed by atoms with Gasteiger partial charge in [0.05, 0.1) is 11.1 Å². The highest BCUT2D eigenvalue weighted by Gasteiger charge is 2.34. The Morgan fingerprint density at radius 2 is 1.90 bits per heavy atom. The van der Waals surface area contributed by atoms with Gasteiger partial charge in [-0.05, 0) is 37.8 Å². The van der Waals surface area contributed by atoms with Crippen molar-refractivity contribution in [3.8, 4) is 0 Å². The second-order valence-electron chi connectivity index (χ2n) is 6.16. The number of benzene rings is 1. The number of piperidine rings is 1. The fourth-order valence-electron chi connectivity index (χ4n) is 3.73. The molecule has 0 saturated carbocycles. The Kier molecular flexibility index (Phi) is 3.11. The molecule has 3 heterocycles. The van der Waals surface area contributed by atoms with Gasteiger partial charge in [0.2, 0.25) is 0 Å². The standard InChI is InChI=1S/C17H19N3O/c21-17(20-13-9-11-5-6-12(10-13)19-11)15-7-8-18-16-4-2-1-3-14(15)16/h1-4,7-8,11-13,19H,5-6,9-10H2,(H,20,21). The summed E-state index contributed by atoms with van der Waals surface area (Å²) in [5.74, 6) is 0.0277. The van der Waals surface area contributed by atoms with E-state index in [0.29, 0.717) is 18.1 Å². The summed E-state index contributed by atoms with van der Waals surface area (Å²) in [6.07, 6.45) is 6.30. The number of hydrogen-bond donors (Lipinski definition) is 2. The molecular weight excluding hydrogens is 262 g/mol. The normalized spacial score (nSPS) is 27.7. The number of nitrogens with zero attached hydrogens (tertiary/aromatic N) is 1. The van der Waals surface area contributed by atoms with Crippen LogP contribution in [0.15, 0.2) is 36.5 Å². The van der Waals surface area contributed by atoms with Gasteiger partial charge in [-0.1, -0.05) is 18.2 Å². The number of carbonyl (C=O) groups excluding carboxylic acids is 1. The monoisotopic (exact) mass is 281 g/mol. The molecule has 1 aromatic heterocycles. The van der Waals surface area contributed by atoms with E-state index in [1.807, 2.05) is 30.3 Å². The first-order valence-electron chi connectivity index (χ1n) is 7.70. The number of nitrogens with one attached hydrogen (secondary N) is 2. The predicted octanol–water partition coefficient (Wildman–Crippen LogP) is 2.25. The molecule has 1 aromatic carbocycles. The lowest BCUT2D eigenvalue weighted by Crippen LogP contribution is -2.48. The molecule has 108 valence electrons. The molecule has 4 nitrogen and oxygen atoms in total. The average Bonchev–Trinajstić information content (AvgIpc) is 2.85. The summed E-state index contributed by atoms with van der Waals surface area (Å²) in [6.45, 7) is 0. The number of hydrogen-bond acceptors (Lipinski definition) is 3. The zero-order valence-corrected chi connectivity index (χ0v) is 11.9. The maximum absolute atomic E-state index is 12.6. The molecule has 2 atom stereocenters. The first kappa shape index (κ1) is 12.8. The molecule has 2 N–H and O–H groups in total. The third-order valence-electron chi connectivity index (χ3n) is 4.70. The summed E-state index contributed by atoms with van der Waals surface area (Å²) < 4.78 is 0. The number of carbonyl (C=O) groups is 1. The van der Waals surface area contributed by atoms with Crippen LogP contribution in [0, 0.1) is 0 Å². The van der Waals surface area contributed by atoms with Gasteiger partial charge in [-0.2, -0.15) is 0 Å². The van der Waals surface area contributed by atoms with Crippen LogP contribution in [0.3, 0.4) is 0 Å². The van der Waals surface area contributed by atoms with Gasteiger partial charge in [-0.15, -0.1) is 0 Å². The molecule has 2 aliphatic heterocycles. The van der Waals surface area contributed by atoms with Crippen molar-refractivity contribution in [2.75, 3.05) is 0 Å². The molecule has 2 aliphatic rings. The summed E-state index contributed by atoms with van der Waals surface area (Å²) in [6, 6.07) is 11.1. The Bertz CT molecular complexity index is 667. The number of rotatable bonds is 2. The van der Waals surface area contributed by atoms with Gasteiger partial charge in [-0.3, -0.25) is 9.78 Å². The maximum Gasteiger partial charge on any atom is 0.252 e. The molecule has 2 fully saturated rings. The Morgan fingerprint density at radius 3 is 2.71 bits per heavy atom. The Balaban J connectivity index is 1.56. The second-order valence-corrected chi connectivity index (χ2v) is 6.16. The third-order valence-corrected chi connectivity index (χ3v) is 4.70.